The Morgan fingerprint density at radius 2 is 2.05 bits per heavy atom. The number of para-hydroxylation sites is 2. The van der Waals surface area contributed by atoms with Crippen LogP contribution in [0, 0.1) is 5.82 Å². The largest absolute Gasteiger partial charge is 0.492 e. The Morgan fingerprint density at radius 3 is 2.81 bits per heavy atom. The Balaban J connectivity index is 2.10. The molecular formula is C16H15BrFNO2. The first-order valence-corrected chi connectivity index (χ1v) is 7.35. The highest BCUT2D eigenvalue weighted by Gasteiger charge is 2.11. The lowest BCUT2D eigenvalue weighted by atomic mass is 10.1. The van der Waals surface area contributed by atoms with Crippen molar-refractivity contribution in [3.8, 4) is 5.75 Å². The molecule has 2 rings (SSSR count). The molecule has 0 aliphatic heterocycles. The van der Waals surface area contributed by atoms with E-state index in [4.69, 9.17) is 4.74 Å². The number of hydrogen-bond donors (Lipinski definition) is 1. The van der Waals surface area contributed by atoms with E-state index in [0.29, 0.717) is 23.6 Å². The van der Waals surface area contributed by atoms with Crippen LogP contribution in [-0.4, -0.2) is 12.5 Å². The van der Waals surface area contributed by atoms with Crippen LogP contribution in [0.4, 0.5) is 10.1 Å². The van der Waals surface area contributed by atoms with E-state index in [9.17, 15) is 9.18 Å². The SMILES string of the molecule is CCOc1ccccc1NC(=O)Cc1cc(Br)ccc1F. The van der Waals surface area contributed by atoms with Crippen molar-refractivity contribution in [2.75, 3.05) is 11.9 Å². The third-order valence-corrected chi connectivity index (χ3v) is 3.31. The molecular weight excluding hydrogens is 337 g/mol. The average molecular weight is 352 g/mol. The fourth-order valence-corrected chi connectivity index (χ4v) is 2.31. The maximum absolute atomic E-state index is 13.6. The summed E-state index contributed by atoms with van der Waals surface area (Å²) in [5.74, 6) is -0.0892. The lowest BCUT2D eigenvalue weighted by molar-refractivity contribution is -0.115. The molecule has 0 heterocycles. The van der Waals surface area contributed by atoms with E-state index in [0.717, 1.165) is 4.47 Å². The number of halogens is 2. The number of carbonyl (C=O) groups is 1. The van der Waals surface area contributed by atoms with Gasteiger partial charge in [-0.25, -0.2) is 4.39 Å². The minimum Gasteiger partial charge on any atom is -0.492 e. The van der Waals surface area contributed by atoms with E-state index in [-0.39, 0.29) is 12.3 Å². The summed E-state index contributed by atoms with van der Waals surface area (Å²) < 4.78 is 19.8. The predicted octanol–water partition coefficient (Wildman–Crippen LogP) is 4.17. The quantitative estimate of drug-likeness (QED) is 0.877. The summed E-state index contributed by atoms with van der Waals surface area (Å²) in [4.78, 5) is 12.1. The number of hydrogen-bond acceptors (Lipinski definition) is 2. The van der Waals surface area contributed by atoms with Gasteiger partial charge in [0.05, 0.1) is 18.7 Å². The highest BCUT2D eigenvalue weighted by molar-refractivity contribution is 9.10. The maximum atomic E-state index is 13.6. The molecule has 0 bridgehead atoms. The Labute approximate surface area is 131 Å². The molecule has 0 saturated carbocycles. The zero-order valence-electron chi connectivity index (χ0n) is 11.5. The van der Waals surface area contributed by atoms with Crippen LogP contribution in [0.1, 0.15) is 12.5 Å². The van der Waals surface area contributed by atoms with Crippen molar-refractivity contribution in [3.05, 3.63) is 58.3 Å². The van der Waals surface area contributed by atoms with Gasteiger partial charge in [0.25, 0.3) is 0 Å². The summed E-state index contributed by atoms with van der Waals surface area (Å²) >= 11 is 3.27. The molecule has 0 radical (unpaired) electrons. The van der Waals surface area contributed by atoms with Crippen molar-refractivity contribution >= 4 is 27.5 Å². The molecule has 0 aromatic heterocycles. The smallest absolute Gasteiger partial charge is 0.229 e. The molecule has 0 atom stereocenters. The molecule has 110 valence electrons. The summed E-state index contributed by atoms with van der Waals surface area (Å²) in [6, 6.07) is 11.7. The van der Waals surface area contributed by atoms with E-state index >= 15 is 0 Å². The fraction of sp³-hybridized carbons (Fsp3) is 0.188. The molecule has 5 heteroatoms. The molecule has 0 saturated heterocycles. The second kappa shape index (κ2) is 7.22. The molecule has 2 aromatic carbocycles. The van der Waals surface area contributed by atoms with Gasteiger partial charge in [0.15, 0.2) is 0 Å². The van der Waals surface area contributed by atoms with Gasteiger partial charge in [-0.3, -0.25) is 4.79 Å². The Kier molecular flexibility index (Phi) is 5.33. The van der Waals surface area contributed by atoms with Crippen LogP contribution < -0.4 is 10.1 Å². The summed E-state index contributed by atoms with van der Waals surface area (Å²) in [5, 5.41) is 2.74. The molecule has 0 aliphatic carbocycles. The van der Waals surface area contributed by atoms with Crippen molar-refractivity contribution in [1.29, 1.82) is 0 Å². The van der Waals surface area contributed by atoms with Crippen molar-refractivity contribution in [3.63, 3.8) is 0 Å². The van der Waals surface area contributed by atoms with Crippen LogP contribution in [0.5, 0.6) is 5.75 Å². The average Bonchev–Trinajstić information content (AvgIpc) is 2.45. The molecule has 21 heavy (non-hydrogen) atoms. The van der Waals surface area contributed by atoms with E-state index < -0.39 is 5.82 Å². The molecule has 0 aliphatic rings. The molecule has 1 amide bonds. The zero-order chi connectivity index (χ0) is 15.2. The molecule has 1 N–H and O–H groups in total. The van der Waals surface area contributed by atoms with Gasteiger partial charge in [-0.2, -0.15) is 0 Å². The second-order valence-electron chi connectivity index (χ2n) is 4.39. The van der Waals surface area contributed by atoms with E-state index in [1.165, 1.54) is 6.07 Å². The molecule has 2 aromatic rings. The minimum absolute atomic E-state index is 0.0360. The summed E-state index contributed by atoms with van der Waals surface area (Å²) in [6.07, 6.45) is -0.0360. The number of carbonyl (C=O) groups excluding carboxylic acids is 1. The van der Waals surface area contributed by atoms with Crippen molar-refractivity contribution < 1.29 is 13.9 Å². The highest BCUT2D eigenvalue weighted by atomic mass is 79.9. The van der Waals surface area contributed by atoms with Gasteiger partial charge in [0, 0.05) is 4.47 Å². The number of amides is 1. The maximum Gasteiger partial charge on any atom is 0.229 e. The van der Waals surface area contributed by atoms with Gasteiger partial charge in [0.2, 0.25) is 5.91 Å². The number of nitrogens with one attached hydrogen (secondary N) is 1. The first kappa shape index (κ1) is 15.5. The topological polar surface area (TPSA) is 38.3 Å². The van der Waals surface area contributed by atoms with Crippen molar-refractivity contribution in [2.45, 2.75) is 13.3 Å². The molecule has 0 spiro atoms. The number of rotatable bonds is 5. The monoisotopic (exact) mass is 351 g/mol. The zero-order valence-corrected chi connectivity index (χ0v) is 13.1. The van der Waals surface area contributed by atoms with Crippen molar-refractivity contribution in [1.82, 2.24) is 0 Å². The lowest BCUT2D eigenvalue weighted by Gasteiger charge is -2.11. The van der Waals surface area contributed by atoms with Crippen LogP contribution in [0.15, 0.2) is 46.9 Å². The summed E-state index contributed by atoms with van der Waals surface area (Å²) in [5.41, 5.74) is 0.926. The van der Waals surface area contributed by atoms with Gasteiger partial charge in [-0.15, -0.1) is 0 Å². The molecule has 0 unspecified atom stereocenters. The van der Waals surface area contributed by atoms with E-state index in [1.54, 1.807) is 30.3 Å². The standard InChI is InChI=1S/C16H15BrFNO2/c1-2-21-15-6-4-3-5-14(15)19-16(20)10-11-9-12(17)7-8-13(11)18/h3-9H,2,10H2,1H3,(H,19,20). The number of ether oxygens (including phenoxy) is 1. The highest BCUT2D eigenvalue weighted by Crippen LogP contribution is 2.24. The van der Waals surface area contributed by atoms with Crippen LogP contribution in [0.25, 0.3) is 0 Å². The van der Waals surface area contributed by atoms with E-state index in [2.05, 4.69) is 21.2 Å². The van der Waals surface area contributed by atoms with Gasteiger partial charge in [0.1, 0.15) is 11.6 Å². The summed E-state index contributed by atoms with van der Waals surface area (Å²) in [7, 11) is 0. The van der Waals surface area contributed by atoms with Crippen LogP contribution >= 0.6 is 15.9 Å². The van der Waals surface area contributed by atoms with Crippen LogP contribution in [0.3, 0.4) is 0 Å². The molecule has 0 fully saturated rings. The van der Waals surface area contributed by atoms with Gasteiger partial charge in [-0.1, -0.05) is 28.1 Å². The van der Waals surface area contributed by atoms with Gasteiger partial charge < -0.3 is 10.1 Å². The van der Waals surface area contributed by atoms with Gasteiger partial charge >= 0.3 is 0 Å². The third kappa shape index (κ3) is 4.29. The molecule has 3 nitrogen and oxygen atoms in total. The third-order valence-electron chi connectivity index (χ3n) is 2.82. The predicted molar refractivity (Wildman–Crippen MR) is 84.0 cm³/mol. The van der Waals surface area contributed by atoms with Crippen molar-refractivity contribution in [2.24, 2.45) is 0 Å². The number of benzene rings is 2. The Hall–Kier alpha value is -1.88. The lowest BCUT2D eigenvalue weighted by Crippen LogP contribution is -2.16. The summed E-state index contributed by atoms with van der Waals surface area (Å²) in [6.45, 7) is 2.38. The second-order valence-corrected chi connectivity index (χ2v) is 5.31. The minimum atomic E-state index is -0.397. The Bertz CT molecular complexity index is 646. The van der Waals surface area contributed by atoms with E-state index in [1.807, 2.05) is 13.0 Å². The van der Waals surface area contributed by atoms with Crippen LogP contribution in [-0.2, 0) is 11.2 Å². The fourth-order valence-electron chi connectivity index (χ4n) is 1.90. The van der Waals surface area contributed by atoms with Crippen LogP contribution in [0.2, 0.25) is 0 Å². The van der Waals surface area contributed by atoms with Gasteiger partial charge in [-0.05, 0) is 42.8 Å². The first-order chi connectivity index (χ1) is 10.1. The number of anilines is 1. The first-order valence-electron chi connectivity index (χ1n) is 6.55. The normalized spacial score (nSPS) is 10.2. The Morgan fingerprint density at radius 1 is 1.29 bits per heavy atom.